The highest BCUT2D eigenvalue weighted by Gasteiger charge is 2.18. The van der Waals surface area contributed by atoms with Gasteiger partial charge < -0.3 is 24.8 Å². The first kappa shape index (κ1) is 19.4. The number of aromatic amines is 1. The molecule has 27 heavy (non-hydrogen) atoms. The summed E-state index contributed by atoms with van der Waals surface area (Å²) in [5.74, 6) is 1.78. The van der Waals surface area contributed by atoms with Crippen LogP contribution in [-0.2, 0) is 11.3 Å². The van der Waals surface area contributed by atoms with Gasteiger partial charge in [-0.15, -0.1) is 0 Å². The van der Waals surface area contributed by atoms with Gasteiger partial charge in [0.1, 0.15) is 5.82 Å². The van der Waals surface area contributed by atoms with E-state index in [9.17, 15) is 0 Å². The van der Waals surface area contributed by atoms with Gasteiger partial charge in [-0.05, 0) is 19.5 Å². The number of aromatic nitrogens is 2. The van der Waals surface area contributed by atoms with Crippen molar-refractivity contribution in [2.75, 3.05) is 46.9 Å². The summed E-state index contributed by atoms with van der Waals surface area (Å²) in [5.41, 5.74) is 2.16. The molecule has 0 amide bonds. The van der Waals surface area contributed by atoms with Gasteiger partial charge in [0.2, 0.25) is 0 Å². The number of hydrogen-bond acceptors (Lipinski definition) is 4. The van der Waals surface area contributed by atoms with Crippen LogP contribution in [0.2, 0.25) is 0 Å². The van der Waals surface area contributed by atoms with Crippen LogP contribution < -0.4 is 5.32 Å². The first-order valence-electron chi connectivity index (χ1n) is 9.54. The monoisotopic (exact) mass is 370 g/mol. The first-order chi connectivity index (χ1) is 13.2. The van der Waals surface area contributed by atoms with E-state index in [1.165, 1.54) is 0 Å². The first-order valence-corrected chi connectivity index (χ1v) is 9.54. The number of ether oxygens (including phenoxy) is 1. The molecule has 2 aromatic rings. The van der Waals surface area contributed by atoms with E-state index >= 15 is 0 Å². The highest BCUT2D eigenvalue weighted by Crippen LogP contribution is 2.16. The highest BCUT2D eigenvalue weighted by atomic mass is 16.5. The van der Waals surface area contributed by atoms with Gasteiger partial charge in [-0.25, -0.2) is 4.98 Å². The Balaban J connectivity index is 1.62. The summed E-state index contributed by atoms with van der Waals surface area (Å²) in [6, 6.07) is 10.2. The van der Waals surface area contributed by atoms with E-state index in [0.29, 0.717) is 13.1 Å². The lowest BCUT2D eigenvalue weighted by Crippen LogP contribution is -2.43. The van der Waals surface area contributed by atoms with Crippen LogP contribution in [-0.4, -0.2) is 78.7 Å². The molecule has 1 fully saturated rings. The minimum absolute atomic E-state index is 0.152. The average molecular weight is 371 g/mol. The normalized spacial score (nSPS) is 18.5. The molecule has 7 heteroatoms. The van der Waals surface area contributed by atoms with Gasteiger partial charge in [-0.2, -0.15) is 0 Å². The van der Waals surface area contributed by atoms with Gasteiger partial charge >= 0.3 is 0 Å². The third-order valence-electron chi connectivity index (χ3n) is 4.58. The van der Waals surface area contributed by atoms with Crippen LogP contribution in [0.1, 0.15) is 12.7 Å². The van der Waals surface area contributed by atoms with Gasteiger partial charge in [0.05, 0.1) is 37.7 Å². The van der Waals surface area contributed by atoms with E-state index < -0.39 is 0 Å². The molecule has 3 rings (SSSR count). The maximum Gasteiger partial charge on any atom is 0.194 e. The number of hydrogen-bond donors (Lipinski definition) is 2. The number of nitrogens with one attached hydrogen (secondary N) is 2. The Hall–Kier alpha value is -2.38. The summed E-state index contributed by atoms with van der Waals surface area (Å²) in [4.78, 5) is 17.1. The van der Waals surface area contributed by atoms with Crippen molar-refractivity contribution in [3.8, 4) is 11.3 Å². The second kappa shape index (κ2) is 9.53. The molecule has 1 aliphatic heterocycles. The smallest absolute Gasteiger partial charge is 0.194 e. The van der Waals surface area contributed by atoms with E-state index in [1.54, 1.807) is 0 Å². The van der Waals surface area contributed by atoms with Gasteiger partial charge in [-0.3, -0.25) is 4.99 Å². The number of benzene rings is 1. The maximum atomic E-state index is 5.81. The van der Waals surface area contributed by atoms with Crippen molar-refractivity contribution in [2.24, 2.45) is 4.99 Å². The van der Waals surface area contributed by atoms with E-state index in [1.807, 2.05) is 31.4 Å². The highest BCUT2D eigenvalue weighted by molar-refractivity contribution is 5.79. The van der Waals surface area contributed by atoms with Crippen molar-refractivity contribution < 1.29 is 4.74 Å². The minimum atomic E-state index is 0.152. The van der Waals surface area contributed by atoms with Crippen molar-refractivity contribution in [2.45, 2.75) is 19.6 Å². The Bertz CT molecular complexity index is 729. The van der Waals surface area contributed by atoms with Crippen LogP contribution in [0.5, 0.6) is 0 Å². The predicted molar refractivity (Wildman–Crippen MR) is 109 cm³/mol. The van der Waals surface area contributed by atoms with E-state index in [-0.39, 0.29) is 6.10 Å². The predicted octanol–water partition coefficient (Wildman–Crippen LogP) is 1.80. The third kappa shape index (κ3) is 5.55. The fourth-order valence-electron chi connectivity index (χ4n) is 3.14. The van der Waals surface area contributed by atoms with Gasteiger partial charge in [0.25, 0.3) is 0 Å². The molecule has 146 valence electrons. The molecule has 1 saturated heterocycles. The van der Waals surface area contributed by atoms with Crippen molar-refractivity contribution >= 4 is 5.96 Å². The molecule has 2 heterocycles. The number of morpholine rings is 1. The zero-order valence-corrected chi connectivity index (χ0v) is 16.5. The molecule has 0 radical (unpaired) electrons. The van der Waals surface area contributed by atoms with Crippen LogP contribution in [0.4, 0.5) is 0 Å². The second-order valence-electron chi connectivity index (χ2n) is 6.92. The van der Waals surface area contributed by atoms with Crippen LogP contribution >= 0.6 is 0 Å². The van der Waals surface area contributed by atoms with Crippen molar-refractivity contribution in [3.63, 3.8) is 0 Å². The molecule has 2 N–H and O–H groups in total. The fourth-order valence-corrected chi connectivity index (χ4v) is 3.14. The average Bonchev–Trinajstić information content (AvgIpc) is 3.14. The molecule has 0 saturated carbocycles. The van der Waals surface area contributed by atoms with Gasteiger partial charge in [-0.1, -0.05) is 30.3 Å². The number of nitrogens with zero attached hydrogens (tertiary/aromatic N) is 4. The largest absolute Gasteiger partial charge is 0.374 e. The van der Waals surface area contributed by atoms with Crippen molar-refractivity contribution in [1.29, 1.82) is 0 Å². The van der Waals surface area contributed by atoms with Crippen LogP contribution in [0, 0.1) is 0 Å². The molecule has 0 bridgehead atoms. The quantitative estimate of drug-likeness (QED) is 0.600. The molecule has 1 aliphatic rings. The molecule has 1 aromatic heterocycles. The lowest BCUT2D eigenvalue weighted by molar-refractivity contribution is -0.0137. The van der Waals surface area contributed by atoms with Crippen molar-refractivity contribution in [1.82, 2.24) is 25.1 Å². The minimum Gasteiger partial charge on any atom is -0.374 e. The molecular weight excluding hydrogens is 340 g/mol. The maximum absolute atomic E-state index is 5.81. The molecule has 1 aromatic carbocycles. The lowest BCUT2D eigenvalue weighted by atomic mass is 10.2. The lowest BCUT2D eigenvalue weighted by Gasteiger charge is -2.29. The summed E-state index contributed by atoms with van der Waals surface area (Å²) in [5, 5.41) is 3.36. The fraction of sp³-hybridized carbons (Fsp3) is 0.500. The number of imidazole rings is 1. The zero-order valence-electron chi connectivity index (χ0n) is 16.5. The molecule has 0 spiro atoms. The number of guanidine groups is 1. The molecule has 1 atom stereocenters. The molecule has 7 nitrogen and oxygen atoms in total. The summed E-state index contributed by atoms with van der Waals surface area (Å²) in [6.45, 7) is 6.90. The third-order valence-corrected chi connectivity index (χ3v) is 4.58. The second-order valence-corrected chi connectivity index (χ2v) is 6.92. The molecule has 0 aliphatic carbocycles. The Kier molecular flexibility index (Phi) is 6.84. The van der Waals surface area contributed by atoms with Crippen LogP contribution in [0.25, 0.3) is 11.3 Å². The summed E-state index contributed by atoms with van der Waals surface area (Å²) in [7, 11) is 4.15. The summed E-state index contributed by atoms with van der Waals surface area (Å²) in [6.07, 6.45) is 2.04. The van der Waals surface area contributed by atoms with E-state index in [0.717, 1.165) is 49.3 Å². The summed E-state index contributed by atoms with van der Waals surface area (Å²) >= 11 is 0. The molecule has 1 unspecified atom stereocenters. The molecular formula is C20H30N6O. The van der Waals surface area contributed by atoms with Gasteiger partial charge in [0.15, 0.2) is 5.96 Å². The Morgan fingerprint density at radius 1 is 1.41 bits per heavy atom. The Morgan fingerprint density at radius 3 is 2.96 bits per heavy atom. The number of aliphatic imine (C=N–C) groups is 1. The summed E-state index contributed by atoms with van der Waals surface area (Å²) < 4.78 is 5.81. The number of likely N-dealkylation sites (N-methyl/N-ethyl adjacent to an activating group) is 1. The SMILES string of the molecule is CCNC(=NCC1CN(C)CCO1)N(C)Cc1ncc(-c2ccccc2)[nH]1. The van der Waals surface area contributed by atoms with Gasteiger partial charge in [0, 0.05) is 26.7 Å². The topological polar surface area (TPSA) is 68.8 Å². The number of H-pyrrole nitrogens is 1. The Labute approximate surface area is 161 Å². The Morgan fingerprint density at radius 2 is 2.22 bits per heavy atom. The standard InChI is InChI=1S/C20H30N6O/c1-4-21-20(23-12-17-14-25(2)10-11-27-17)26(3)15-19-22-13-18(24-19)16-8-6-5-7-9-16/h5-9,13,17H,4,10-12,14-15H2,1-3H3,(H,21,23)(H,22,24). The van der Waals surface area contributed by atoms with Crippen LogP contribution in [0.15, 0.2) is 41.5 Å². The van der Waals surface area contributed by atoms with Crippen molar-refractivity contribution in [3.05, 3.63) is 42.4 Å². The van der Waals surface area contributed by atoms with E-state index in [2.05, 4.69) is 51.2 Å². The van der Waals surface area contributed by atoms with Crippen LogP contribution in [0.3, 0.4) is 0 Å². The number of rotatable bonds is 6. The zero-order chi connectivity index (χ0) is 19.1. The van der Waals surface area contributed by atoms with E-state index in [4.69, 9.17) is 9.73 Å².